The number of esters is 1. The topological polar surface area (TPSA) is 185 Å². The van der Waals surface area contributed by atoms with Gasteiger partial charge in [0.05, 0.1) is 16.9 Å². The first-order valence-corrected chi connectivity index (χ1v) is 13.6. The van der Waals surface area contributed by atoms with Crippen molar-refractivity contribution >= 4 is 32.8 Å². The van der Waals surface area contributed by atoms with E-state index in [4.69, 9.17) is 13.6 Å². The molecule has 0 radical (unpaired) electrons. The van der Waals surface area contributed by atoms with Crippen LogP contribution in [0.1, 0.15) is 26.5 Å². The van der Waals surface area contributed by atoms with Crippen LogP contribution in [0, 0.1) is 6.85 Å². The molecule has 3 aromatic rings. The van der Waals surface area contributed by atoms with Crippen molar-refractivity contribution in [2.45, 2.75) is 61.6 Å². The van der Waals surface area contributed by atoms with E-state index in [-0.39, 0.29) is 16.6 Å². The molecular formula is C25H25F3N2O10S. The normalized spacial score (nSPS) is 24.9. The van der Waals surface area contributed by atoms with Gasteiger partial charge in [-0.15, -0.1) is 0 Å². The molecule has 4 rings (SSSR count). The highest BCUT2D eigenvalue weighted by Crippen LogP contribution is 2.35. The Morgan fingerprint density at radius 3 is 2.49 bits per heavy atom. The lowest BCUT2D eigenvalue weighted by atomic mass is 9.99. The standard InChI is InChI=1S/C25H25F3N2O10S/c1-11-15(9-17(31)39-24-20(34)18(32)19(33)21(40-24)23(35)36)14-4-3-7-29-22(14)30(11)10-12-5-6-13(41(2,37)38)8-16(12)25(26,27)28/h3-8,18-21,24,32-34H,9-10H2,1-2H3,(H,35,36)/t18-,19-,20+,21-,24?/m0/s1/i1+1D3. The van der Waals surface area contributed by atoms with Crippen molar-refractivity contribution < 1.29 is 65.2 Å². The number of carboxylic acid groups (broad SMARTS) is 1. The molecule has 0 amide bonds. The zero-order valence-corrected chi connectivity index (χ0v) is 21.8. The zero-order chi connectivity index (χ0) is 32.9. The summed E-state index contributed by atoms with van der Waals surface area (Å²) in [6.07, 6.45) is -14.4. The van der Waals surface area contributed by atoms with Gasteiger partial charge in [-0.1, -0.05) is 6.07 Å². The summed E-state index contributed by atoms with van der Waals surface area (Å²) in [5.41, 5.74) is -2.83. The number of hydrogen-bond acceptors (Lipinski definition) is 10. The number of sulfone groups is 1. The highest BCUT2D eigenvalue weighted by Gasteiger charge is 2.48. The minimum atomic E-state index is -5.04. The molecule has 1 aliphatic heterocycles. The summed E-state index contributed by atoms with van der Waals surface area (Å²) in [4.78, 5) is 27.8. The molecule has 0 aliphatic carbocycles. The Balaban J connectivity index is 1.78. The summed E-state index contributed by atoms with van der Waals surface area (Å²) < 4.78 is 101. The first-order chi connectivity index (χ1) is 20.2. The number of benzene rings is 1. The fourth-order valence-electron chi connectivity index (χ4n) is 4.40. The first kappa shape index (κ1) is 26.3. The van der Waals surface area contributed by atoms with E-state index >= 15 is 0 Å². The summed E-state index contributed by atoms with van der Waals surface area (Å²) in [5.74, 6) is -3.03. The minimum Gasteiger partial charge on any atom is -0.479 e. The number of aliphatic carboxylic acids is 1. The van der Waals surface area contributed by atoms with E-state index in [0.717, 1.165) is 23.0 Å². The van der Waals surface area contributed by atoms with Crippen LogP contribution in [-0.2, 0) is 48.0 Å². The Morgan fingerprint density at radius 1 is 1.17 bits per heavy atom. The minimum absolute atomic E-state index is 0.0286. The van der Waals surface area contributed by atoms with Gasteiger partial charge < -0.3 is 34.5 Å². The number of hydrogen-bond donors (Lipinski definition) is 4. The number of carbonyl (C=O) groups is 2. The van der Waals surface area contributed by atoms with Crippen LogP contribution >= 0.6 is 0 Å². The quantitative estimate of drug-likeness (QED) is 0.220. The average Bonchev–Trinajstić information content (AvgIpc) is 3.21. The third-order valence-electron chi connectivity index (χ3n) is 6.45. The van der Waals surface area contributed by atoms with Gasteiger partial charge in [-0.2, -0.15) is 13.2 Å². The highest BCUT2D eigenvalue weighted by atomic mass is 32.2. The monoisotopic (exact) mass is 606 g/mol. The number of rotatable bonds is 7. The number of pyridine rings is 1. The van der Waals surface area contributed by atoms with Crippen molar-refractivity contribution in [1.82, 2.24) is 9.55 Å². The van der Waals surface area contributed by atoms with Crippen molar-refractivity contribution in [2.24, 2.45) is 0 Å². The Bertz CT molecular complexity index is 1710. The predicted molar refractivity (Wildman–Crippen MR) is 132 cm³/mol. The third-order valence-corrected chi connectivity index (χ3v) is 7.56. The number of aliphatic hydroxyl groups is 3. The molecule has 5 atom stereocenters. The molecule has 41 heavy (non-hydrogen) atoms. The number of alkyl halides is 3. The number of aliphatic hydroxyl groups excluding tert-OH is 3. The number of halogens is 3. The second kappa shape index (κ2) is 11.0. The van der Waals surface area contributed by atoms with E-state index in [1.54, 1.807) is 0 Å². The molecule has 1 fully saturated rings. The number of aromatic nitrogens is 2. The molecule has 0 bridgehead atoms. The number of carboxylic acids is 1. The molecule has 3 heterocycles. The molecule has 1 unspecified atom stereocenters. The van der Waals surface area contributed by atoms with Crippen LogP contribution in [0.2, 0.25) is 0 Å². The van der Waals surface area contributed by atoms with Crippen LogP contribution < -0.4 is 0 Å². The molecular weight excluding hydrogens is 578 g/mol. The molecule has 1 saturated heterocycles. The van der Waals surface area contributed by atoms with Gasteiger partial charge in [-0.3, -0.25) is 4.79 Å². The van der Waals surface area contributed by atoms with E-state index < -0.39 is 100 Å². The van der Waals surface area contributed by atoms with Gasteiger partial charge in [0.1, 0.15) is 24.0 Å². The number of carbonyl (C=O) groups excluding carboxylic acids is 1. The molecule has 16 heteroatoms. The summed E-state index contributed by atoms with van der Waals surface area (Å²) >= 11 is 0. The van der Waals surface area contributed by atoms with E-state index in [0.29, 0.717) is 6.07 Å². The molecule has 1 aliphatic rings. The lowest BCUT2D eigenvalue weighted by Gasteiger charge is -2.37. The maximum absolute atomic E-state index is 14.0. The maximum atomic E-state index is 14.0. The van der Waals surface area contributed by atoms with Crippen LogP contribution in [0.5, 0.6) is 0 Å². The summed E-state index contributed by atoms with van der Waals surface area (Å²) in [7, 11) is -4.03. The number of ether oxygens (including phenoxy) is 2. The van der Waals surface area contributed by atoms with Crippen LogP contribution in [-0.4, -0.2) is 87.3 Å². The van der Waals surface area contributed by atoms with Crippen molar-refractivity contribution in [3.05, 3.63) is 58.9 Å². The highest BCUT2D eigenvalue weighted by molar-refractivity contribution is 7.90. The fourth-order valence-corrected chi connectivity index (χ4v) is 5.05. The van der Waals surface area contributed by atoms with Crippen molar-refractivity contribution in [3.8, 4) is 0 Å². The molecule has 222 valence electrons. The van der Waals surface area contributed by atoms with Gasteiger partial charge >= 0.3 is 18.1 Å². The molecule has 0 saturated carbocycles. The first-order valence-electron chi connectivity index (χ1n) is 13.2. The van der Waals surface area contributed by atoms with E-state index in [2.05, 4.69) is 4.98 Å². The van der Waals surface area contributed by atoms with Gasteiger partial charge in [0.25, 0.3) is 0 Å². The molecule has 2 aromatic heterocycles. The van der Waals surface area contributed by atoms with E-state index in [1.165, 1.54) is 18.3 Å². The van der Waals surface area contributed by atoms with Crippen LogP contribution in [0.25, 0.3) is 11.0 Å². The zero-order valence-electron chi connectivity index (χ0n) is 23.9. The van der Waals surface area contributed by atoms with Gasteiger partial charge in [0.15, 0.2) is 15.9 Å². The third kappa shape index (κ3) is 6.06. The molecule has 0 spiro atoms. The Kier molecular flexibility index (Phi) is 7.08. The lowest BCUT2D eigenvalue weighted by Crippen LogP contribution is -2.60. The van der Waals surface area contributed by atoms with Crippen LogP contribution in [0.4, 0.5) is 13.2 Å². The van der Waals surface area contributed by atoms with Gasteiger partial charge in [0, 0.05) is 34.2 Å². The molecule has 12 nitrogen and oxygen atoms in total. The van der Waals surface area contributed by atoms with Crippen molar-refractivity contribution in [2.75, 3.05) is 6.26 Å². The van der Waals surface area contributed by atoms with Crippen molar-refractivity contribution in [1.29, 1.82) is 0 Å². The Labute approximate surface area is 234 Å². The van der Waals surface area contributed by atoms with Crippen LogP contribution in [0.15, 0.2) is 41.4 Å². The SMILES string of the molecule is [2H][13C]([2H])([2H])c1c(CC(=O)OC2O[C@H](C(=O)O)[C@@H](O)[C@H](O)[C@H]2O)c2cccnc2n1Cc1ccc(S(C)(=O)=O)cc1C(F)(F)F. The largest absolute Gasteiger partial charge is 0.479 e. The second-order valence-electron chi connectivity index (χ2n) is 9.28. The second-order valence-corrected chi connectivity index (χ2v) is 11.3. The van der Waals surface area contributed by atoms with Crippen molar-refractivity contribution in [3.63, 3.8) is 0 Å². The Morgan fingerprint density at radius 2 is 1.88 bits per heavy atom. The molecule has 1 aromatic carbocycles. The Hall–Kier alpha value is -3.57. The predicted octanol–water partition coefficient (Wildman–Crippen LogP) is 0.793. The summed E-state index contributed by atoms with van der Waals surface area (Å²) in [6, 6.07) is 4.99. The van der Waals surface area contributed by atoms with Gasteiger partial charge in [-0.25, -0.2) is 18.2 Å². The number of nitrogens with zero attached hydrogens (tertiary/aromatic N) is 2. The van der Waals surface area contributed by atoms with Crippen LogP contribution in [0.3, 0.4) is 0 Å². The summed E-state index contributed by atoms with van der Waals surface area (Å²) in [5, 5.41) is 39.2. The van der Waals surface area contributed by atoms with Gasteiger partial charge in [0.2, 0.25) is 6.29 Å². The van der Waals surface area contributed by atoms with E-state index in [1.807, 2.05) is 0 Å². The lowest BCUT2D eigenvalue weighted by molar-refractivity contribution is -0.286. The number of fused-ring (bicyclic) bond motifs is 1. The van der Waals surface area contributed by atoms with E-state index in [9.17, 15) is 51.6 Å². The smallest absolute Gasteiger partial charge is 0.416 e. The maximum Gasteiger partial charge on any atom is 0.416 e. The average molecular weight is 607 g/mol. The fraction of sp³-hybridized carbons (Fsp3) is 0.400. The van der Waals surface area contributed by atoms with Gasteiger partial charge in [-0.05, 0) is 42.2 Å². The molecule has 4 N–H and O–H groups in total. The summed E-state index contributed by atoms with van der Waals surface area (Å²) in [6.45, 7) is -3.82.